The summed E-state index contributed by atoms with van der Waals surface area (Å²) in [7, 11) is -0.368. The van der Waals surface area contributed by atoms with Gasteiger partial charge in [-0.25, -0.2) is 9.36 Å². The van der Waals surface area contributed by atoms with E-state index in [0.29, 0.717) is 36.9 Å². The van der Waals surface area contributed by atoms with Crippen molar-refractivity contribution in [3.05, 3.63) is 87.9 Å². The molecule has 0 aliphatic carbocycles. The molecule has 2 aromatic carbocycles. The second-order valence-electron chi connectivity index (χ2n) is 16.3. The van der Waals surface area contributed by atoms with Gasteiger partial charge in [0.1, 0.15) is 12.5 Å². The second-order valence-corrected chi connectivity index (χ2v) is 17.1. The molecule has 1 aliphatic rings. The van der Waals surface area contributed by atoms with Crippen molar-refractivity contribution in [1.82, 2.24) is 19.6 Å². The predicted octanol–water partition coefficient (Wildman–Crippen LogP) is 13.1. The highest BCUT2D eigenvalue weighted by Crippen LogP contribution is 2.38. The molecule has 4 aromatic rings. The van der Waals surface area contributed by atoms with Crippen LogP contribution in [0.3, 0.4) is 0 Å². The Morgan fingerprint density at radius 2 is 1.00 bits per heavy atom. The summed E-state index contributed by atoms with van der Waals surface area (Å²) in [6.07, 6.45) is 7.64. The number of hydrogen-bond donors (Lipinski definition) is 0. The smallest absolute Gasteiger partial charge is 0.399 e. The van der Waals surface area contributed by atoms with Crippen LogP contribution in [0.2, 0.25) is 0 Å². The maximum atomic E-state index is 5.99. The molecule has 314 valence electrons. The van der Waals surface area contributed by atoms with Gasteiger partial charge in [-0.15, -0.1) is 0 Å². The first kappa shape index (κ1) is 51.3. The van der Waals surface area contributed by atoms with Crippen molar-refractivity contribution in [2.75, 3.05) is 13.2 Å². The minimum atomic E-state index is -0.368. The summed E-state index contributed by atoms with van der Waals surface area (Å²) in [6, 6.07) is 13.2. The Hall–Kier alpha value is -2.76. The zero-order valence-electron chi connectivity index (χ0n) is 36.0. The van der Waals surface area contributed by atoms with Gasteiger partial charge in [0, 0.05) is 47.3 Å². The summed E-state index contributed by atoms with van der Waals surface area (Å²) < 4.78 is 28.1. The van der Waals surface area contributed by atoms with E-state index in [9.17, 15) is 0 Å². The molecule has 1 aliphatic heterocycles. The highest BCUT2D eigenvalue weighted by Gasteiger charge is 2.52. The van der Waals surface area contributed by atoms with E-state index in [4.69, 9.17) is 18.8 Å². The lowest BCUT2D eigenvalue weighted by Gasteiger charge is -2.32. The maximum absolute atomic E-state index is 5.99. The van der Waals surface area contributed by atoms with Gasteiger partial charge in [-0.05, 0) is 107 Å². The highest BCUT2D eigenvalue weighted by molar-refractivity contribution is 9.10. The Labute approximate surface area is 350 Å². The van der Waals surface area contributed by atoms with Crippen LogP contribution in [0, 0.1) is 0 Å². The van der Waals surface area contributed by atoms with Gasteiger partial charge in [0.2, 0.25) is 0 Å². The van der Waals surface area contributed by atoms with Crippen molar-refractivity contribution in [3.63, 3.8) is 0 Å². The normalized spacial score (nSPS) is 15.5. The molecule has 3 heterocycles. The standard InChI is InChI=1S/C19H28N2O.C13H23BN2O3.C12H17Br.2CH4/c1-7-22-15(6)21-12-16(11-20-21)19-17(13(2)3)9-8-10-18(19)14(4)5;1-7-17-10(2)16-9-11(8-15-16)14-18-12(3,4)13(5,6)19-14;1-8(2)10-6-5-7-11(9(3)4)12(10)13;;/h8-15H,7H2,1-6H3;8-10H,7H2,1-6H3;5-9H,1-4H3;2*1H4. The lowest BCUT2D eigenvalue weighted by atomic mass is 9.82. The summed E-state index contributed by atoms with van der Waals surface area (Å²) in [6.45, 7) is 35.4. The molecular formula is C46H76BBrN4O4. The van der Waals surface area contributed by atoms with Crippen LogP contribution in [0.15, 0.2) is 65.7 Å². The van der Waals surface area contributed by atoms with Crippen LogP contribution in [0.25, 0.3) is 11.1 Å². The molecule has 8 nitrogen and oxygen atoms in total. The number of hydrogen-bond acceptors (Lipinski definition) is 6. The molecule has 0 bridgehead atoms. The number of benzene rings is 2. The average Bonchev–Trinajstić information content (AvgIpc) is 3.83. The van der Waals surface area contributed by atoms with Crippen molar-refractivity contribution in [2.45, 2.75) is 173 Å². The lowest BCUT2D eigenvalue weighted by Crippen LogP contribution is -2.41. The number of halogens is 1. The zero-order chi connectivity index (χ0) is 40.5. The Morgan fingerprint density at radius 1 is 0.625 bits per heavy atom. The fraction of sp³-hybridized carbons (Fsp3) is 0.609. The monoisotopic (exact) mass is 839 g/mol. The second kappa shape index (κ2) is 22.4. The van der Waals surface area contributed by atoms with Crippen LogP contribution in [0.1, 0.15) is 184 Å². The predicted molar refractivity (Wildman–Crippen MR) is 242 cm³/mol. The fourth-order valence-electron chi connectivity index (χ4n) is 6.30. The summed E-state index contributed by atoms with van der Waals surface area (Å²) >= 11 is 3.68. The summed E-state index contributed by atoms with van der Waals surface area (Å²) in [5.74, 6) is 2.16. The Kier molecular flexibility index (Phi) is 20.5. The van der Waals surface area contributed by atoms with Crippen molar-refractivity contribution < 1.29 is 18.8 Å². The molecule has 0 N–H and O–H groups in total. The molecule has 2 aromatic heterocycles. The van der Waals surface area contributed by atoms with Gasteiger partial charge in [-0.2, -0.15) is 10.2 Å². The van der Waals surface area contributed by atoms with Crippen LogP contribution >= 0.6 is 15.9 Å². The van der Waals surface area contributed by atoms with E-state index in [1.54, 1.807) is 10.9 Å². The molecule has 0 saturated carbocycles. The molecule has 2 atom stereocenters. The van der Waals surface area contributed by atoms with E-state index < -0.39 is 0 Å². The Bertz CT molecular complexity index is 1680. The quantitative estimate of drug-likeness (QED) is 0.132. The van der Waals surface area contributed by atoms with Crippen molar-refractivity contribution >= 4 is 28.5 Å². The van der Waals surface area contributed by atoms with Crippen LogP contribution in [-0.2, 0) is 18.8 Å². The Morgan fingerprint density at radius 3 is 1.39 bits per heavy atom. The number of rotatable bonds is 12. The zero-order valence-corrected chi connectivity index (χ0v) is 37.6. The molecule has 2 unspecified atom stereocenters. The number of nitrogens with zero attached hydrogens (tertiary/aromatic N) is 4. The first-order chi connectivity index (χ1) is 25.3. The lowest BCUT2D eigenvalue weighted by molar-refractivity contribution is 0.00578. The van der Waals surface area contributed by atoms with E-state index in [2.05, 4.69) is 124 Å². The molecule has 56 heavy (non-hydrogen) atoms. The average molecular weight is 840 g/mol. The van der Waals surface area contributed by atoms with E-state index in [0.717, 1.165) is 5.46 Å². The van der Waals surface area contributed by atoms with Crippen LogP contribution in [-0.4, -0.2) is 51.1 Å². The van der Waals surface area contributed by atoms with E-state index in [1.165, 1.54) is 37.9 Å². The van der Waals surface area contributed by atoms with Crippen LogP contribution in [0.4, 0.5) is 0 Å². The van der Waals surface area contributed by atoms with Gasteiger partial charge in [-0.3, -0.25) is 0 Å². The first-order valence-corrected chi connectivity index (χ1v) is 20.6. The molecule has 1 saturated heterocycles. The van der Waals surface area contributed by atoms with Crippen LogP contribution in [0.5, 0.6) is 0 Å². The minimum absolute atomic E-state index is 0. The molecular weight excluding hydrogens is 763 g/mol. The van der Waals surface area contributed by atoms with Gasteiger partial charge in [0.05, 0.1) is 17.4 Å². The maximum Gasteiger partial charge on any atom is 0.498 e. The minimum Gasteiger partial charge on any atom is -0.399 e. The van der Waals surface area contributed by atoms with E-state index in [1.807, 2.05) is 72.5 Å². The largest absolute Gasteiger partial charge is 0.498 e. The van der Waals surface area contributed by atoms with Gasteiger partial charge in [-0.1, -0.05) is 123 Å². The first-order valence-electron chi connectivity index (χ1n) is 19.8. The van der Waals surface area contributed by atoms with Gasteiger partial charge >= 0.3 is 7.12 Å². The SMILES string of the molecule is C.C.CC(C)c1cccc(C(C)C)c1Br.CCOC(C)n1cc(-c2c(C(C)C)cccc2C(C)C)cn1.CCOC(C)n1cc(B2OC(C)(C)C(C)(C)O2)cn1. The summed E-state index contributed by atoms with van der Waals surface area (Å²) in [4.78, 5) is 0. The molecule has 10 heteroatoms. The summed E-state index contributed by atoms with van der Waals surface area (Å²) in [5.41, 5.74) is 8.37. The van der Waals surface area contributed by atoms with E-state index in [-0.39, 0.29) is 45.6 Å². The number of ether oxygens (including phenoxy) is 2. The third-order valence-electron chi connectivity index (χ3n) is 10.3. The fourth-order valence-corrected chi connectivity index (χ4v) is 7.48. The van der Waals surface area contributed by atoms with Gasteiger partial charge in [0.15, 0.2) is 0 Å². The van der Waals surface area contributed by atoms with Crippen molar-refractivity contribution in [1.29, 1.82) is 0 Å². The van der Waals surface area contributed by atoms with Crippen molar-refractivity contribution in [3.8, 4) is 11.1 Å². The van der Waals surface area contributed by atoms with E-state index >= 15 is 0 Å². The molecule has 0 radical (unpaired) electrons. The third kappa shape index (κ3) is 12.9. The molecule has 0 amide bonds. The molecule has 5 rings (SSSR count). The topological polar surface area (TPSA) is 72.6 Å². The van der Waals surface area contributed by atoms with Gasteiger partial charge in [0.25, 0.3) is 0 Å². The van der Waals surface area contributed by atoms with Crippen molar-refractivity contribution in [2.24, 2.45) is 0 Å². The highest BCUT2D eigenvalue weighted by atomic mass is 79.9. The Balaban J connectivity index is 0.000000425. The molecule has 0 spiro atoms. The number of aromatic nitrogens is 4. The molecule has 1 fully saturated rings. The van der Waals surface area contributed by atoms with Gasteiger partial charge < -0.3 is 18.8 Å². The summed E-state index contributed by atoms with van der Waals surface area (Å²) in [5, 5.41) is 8.81. The van der Waals surface area contributed by atoms with Crippen LogP contribution < -0.4 is 5.46 Å². The third-order valence-corrected chi connectivity index (χ3v) is 11.2.